The number of carbonyl (C=O) groups excluding carboxylic acids is 1. The fraction of sp³-hybridized carbons (Fsp3) is 0.158. The van der Waals surface area contributed by atoms with Gasteiger partial charge in [-0.1, -0.05) is 46.3 Å². The number of benzene rings is 2. The van der Waals surface area contributed by atoms with Crippen molar-refractivity contribution in [3.05, 3.63) is 75.7 Å². The molecule has 1 heterocycles. The second-order valence-electron chi connectivity index (χ2n) is 5.32. The number of anilines is 1. The van der Waals surface area contributed by atoms with Crippen LogP contribution < -0.4 is 10.1 Å². The topological polar surface area (TPSA) is 60.5 Å². The van der Waals surface area contributed by atoms with E-state index in [-0.39, 0.29) is 13.2 Å². The Morgan fingerprint density at radius 2 is 1.85 bits per heavy atom. The molecule has 0 aliphatic rings. The van der Waals surface area contributed by atoms with Crippen molar-refractivity contribution in [3.63, 3.8) is 0 Å². The van der Waals surface area contributed by atoms with Crippen molar-refractivity contribution < 1.29 is 14.3 Å². The maximum absolute atomic E-state index is 12.0. The molecule has 5 nitrogen and oxygen atoms in total. The van der Waals surface area contributed by atoms with Crippen molar-refractivity contribution in [2.24, 2.45) is 0 Å². The number of aromatic nitrogens is 1. The van der Waals surface area contributed by atoms with Gasteiger partial charge in [0.2, 0.25) is 0 Å². The lowest BCUT2D eigenvalue weighted by Gasteiger charge is -2.06. The highest BCUT2D eigenvalue weighted by Crippen LogP contribution is 2.18. The Hall–Kier alpha value is -2.38. The third-order valence-electron chi connectivity index (χ3n) is 3.40. The van der Waals surface area contributed by atoms with Crippen LogP contribution in [0.4, 0.5) is 5.13 Å². The smallest absolute Gasteiger partial charge is 0.358 e. The standard InChI is InChI=1S/C19H17BrN2O3S/c20-15-6-8-16(9-7-15)24-10-11-25-18(23)17-13-26-19(22-17)21-12-14-4-2-1-3-5-14/h1-9,13H,10-12H2,(H,21,22). The third kappa shape index (κ3) is 5.57. The lowest BCUT2D eigenvalue weighted by molar-refractivity contribution is 0.0444. The first-order chi connectivity index (χ1) is 12.7. The van der Waals surface area contributed by atoms with Crippen LogP contribution >= 0.6 is 27.3 Å². The highest BCUT2D eigenvalue weighted by Gasteiger charge is 2.12. The molecule has 0 bridgehead atoms. The molecule has 0 aliphatic heterocycles. The van der Waals surface area contributed by atoms with E-state index < -0.39 is 5.97 Å². The number of rotatable bonds is 8. The lowest BCUT2D eigenvalue weighted by Crippen LogP contribution is -2.12. The van der Waals surface area contributed by atoms with Gasteiger partial charge in [-0.15, -0.1) is 11.3 Å². The summed E-state index contributed by atoms with van der Waals surface area (Å²) in [6.45, 7) is 1.11. The molecule has 2 aromatic carbocycles. The van der Waals surface area contributed by atoms with E-state index in [1.165, 1.54) is 11.3 Å². The zero-order valence-corrected chi connectivity index (χ0v) is 16.3. The molecule has 0 atom stereocenters. The predicted octanol–water partition coefficient (Wildman–Crippen LogP) is 4.75. The Kier molecular flexibility index (Phi) is 6.62. The van der Waals surface area contributed by atoms with Crippen LogP contribution in [-0.2, 0) is 11.3 Å². The lowest BCUT2D eigenvalue weighted by atomic mass is 10.2. The van der Waals surface area contributed by atoms with Crippen LogP contribution in [0.5, 0.6) is 5.75 Å². The zero-order chi connectivity index (χ0) is 18.2. The molecule has 0 saturated heterocycles. The number of hydrogen-bond acceptors (Lipinski definition) is 6. The van der Waals surface area contributed by atoms with Gasteiger partial charge in [-0.05, 0) is 29.8 Å². The van der Waals surface area contributed by atoms with E-state index in [0.29, 0.717) is 17.4 Å². The van der Waals surface area contributed by atoms with Gasteiger partial charge in [-0.2, -0.15) is 0 Å². The molecular weight excluding hydrogens is 416 g/mol. The molecule has 7 heteroatoms. The number of nitrogens with zero attached hydrogens (tertiary/aromatic N) is 1. The maximum Gasteiger partial charge on any atom is 0.358 e. The number of carbonyl (C=O) groups is 1. The van der Waals surface area contributed by atoms with Crippen LogP contribution in [0.1, 0.15) is 16.1 Å². The van der Waals surface area contributed by atoms with Crippen molar-refractivity contribution in [1.29, 1.82) is 0 Å². The summed E-state index contributed by atoms with van der Waals surface area (Å²) in [7, 11) is 0. The number of ether oxygens (including phenoxy) is 2. The summed E-state index contributed by atoms with van der Waals surface area (Å²) in [5, 5.41) is 5.57. The fourth-order valence-electron chi connectivity index (χ4n) is 2.12. The largest absolute Gasteiger partial charge is 0.490 e. The monoisotopic (exact) mass is 432 g/mol. The summed E-state index contributed by atoms with van der Waals surface area (Å²) in [6.07, 6.45) is 0. The van der Waals surface area contributed by atoms with Gasteiger partial charge in [0.1, 0.15) is 19.0 Å². The highest BCUT2D eigenvalue weighted by atomic mass is 79.9. The minimum atomic E-state index is -0.451. The molecule has 3 aromatic rings. The molecular formula is C19H17BrN2O3S. The Morgan fingerprint density at radius 1 is 1.08 bits per heavy atom. The third-order valence-corrected chi connectivity index (χ3v) is 4.73. The average molecular weight is 433 g/mol. The molecule has 1 N–H and O–H groups in total. The van der Waals surface area contributed by atoms with E-state index in [4.69, 9.17) is 9.47 Å². The normalized spacial score (nSPS) is 10.3. The van der Waals surface area contributed by atoms with Crippen molar-refractivity contribution in [3.8, 4) is 5.75 Å². The SMILES string of the molecule is O=C(OCCOc1ccc(Br)cc1)c1csc(NCc2ccccc2)n1. The summed E-state index contributed by atoms with van der Waals surface area (Å²) in [5.41, 5.74) is 1.45. The number of esters is 1. The Bertz CT molecular complexity index is 838. The Labute approximate surface area is 164 Å². The van der Waals surface area contributed by atoms with E-state index in [9.17, 15) is 4.79 Å². The number of hydrogen-bond donors (Lipinski definition) is 1. The minimum absolute atomic E-state index is 0.166. The van der Waals surface area contributed by atoms with Crippen molar-refractivity contribution in [1.82, 2.24) is 4.98 Å². The molecule has 26 heavy (non-hydrogen) atoms. The molecule has 3 rings (SSSR count). The molecule has 134 valence electrons. The van der Waals surface area contributed by atoms with Crippen LogP contribution in [0.25, 0.3) is 0 Å². The quantitative estimate of drug-likeness (QED) is 0.410. The maximum atomic E-state index is 12.0. The fourth-order valence-corrected chi connectivity index (χ4v) is 3.06. The predicted molar refractivity (Wildman–Crippen MR) is 106 cm³/mol. The van der Waals surface area contributed by atoms with Gasteiger partial charge >= 0.3 is 5.97 Å². The van der Waals surface area contributed by atoms with Crippen LogP contribution in [0.2, 0.25) is 0 Å². The summed E-state index contributed by atoms with van der Waals surface area (Å²) >= 11 is 4.74. The first-order valence-electron chi connectivity index (χ1n) is 7.99. The van der Waals surface area contributed by atoms with Gasteiger partial charge in [0.25, 0.3) is 0 Å². The molecule has 1 aromatic heterocycles. The number of halogens is 1. The molecule has 0 fully saturated rings. The van der Waals surface area contributed by atoms with Crippen molar-refractivity contribution in [2.75, 3.05) is 18.5 Å². The molecule has 0 aliphatic carbocycles. The summed E-state index contributed by atoms with van der Waals surface area (Å²) in [4.78, 5) is 16.3. The molecule has 0 radical (unpaired) electrons. The summed E-state index contributed by atoms with van der Waals surface area (Å²) < 4.78 is 11.7. The van der Waals surface area contributed by atoms with Gasteiger partial charge in [-0.3, -0.25) is 0 Å². The van der Waals surface area contributed by atoms with E-state index in [0.717, 1.165) is 15.8 Å². The van der Waals surface area contributed by atoms with Crippen LogP contribution in [0.3, 0.4) is 0 Å². The van der Waals surface area contributed by atoms with Gasteiger partial charge in [-0.25, -0.2) is 9.78 Å². The van der Waals surface area contributed by atoms with E-state index in [1.807, 2.05) is 54.6 Å². The number of thiazole rings is 1. The average Bonchev–Trinajstić information content (AvgIpc) is 3.15. The van der Waals surface area contributed by atoms with E-state index in [1.54, 1.807) is 5.38 Å². The van der Waals surface area contributed by atoms with Gasteiger partial charge in [0.15, 0.2) is 10.8 Å². The summed E-state index contributed by atoms with van der Waals surface area (Å²) in [6, 6.07) is 17.5. The molecule has 0 saturated carbocycles. The van der Waals surface area contributed by atoms with Crippen molar-refractivity contribution >= 4 is 38.4 Å². The molecule has 0 amide bonds. The van der Waals surface area contributed by atoms with Gasteiger partial charge in [0, 0.05) is 16.4 Å². The Morgan fingerprint density at radius 3 is 2.62 bits per heavy atom. The molecule has 0 unspecified atom stereocenters. The van der Waals surface area contributed by atoms with Crippen LogP contribution in [0, 0.1) is 0 Å². The highest BCUT2D eigenvalue weighted by molar-refractivity contribution is 9.10. The first-order valence-corrected chi connectivity index (χ1v) is 9.67. The van der Waals surface area contributed by atoms with Gasteiger partial charge in [0.05, 0.1) is 0 Å². The second-order valence-corrected chi connectivity index (χ2v) is 7.09. The van der Waals surface area contributed by atoms with Crippen LogP contribution in [0.15, 0.2) is 64.5 Å². The first kappa shape index (κ1) is 18.4. The van der Waals surface area contributed by atoms with Gasteiger partial charge < -0.3 is 14.8 Å². The Balaban J connectivity index is 1.40. The number of nitrogens with one attached hydrogen (secondary N) is 1. The second kappa shape index (κ2) is 9.35. The van der Waals surface area contributed by atoms with Crippen LogP contribution in [-0.4, -0.2) is 24.2 Å². The zero-order valence-electron chi connectivity index (χ0n) is 13.9. The molecule has 0 spiro atoms. The van der Waals surface area contributed by atoms with Crippen molar-refractivity contribution in [2.45, 2.75) is 6.54 Å². The minimum Gasteiger partial charge on any atom is -0.490 e. The van der Waals surface area contributed by atoms with E-state index in [2.05, 4.69) is 26.2 Å². The van der Waals surface area contributed by atoms with E-state index >= 15 is 0 Å². The summed E-state index contributed by atoms with van der Waals surface area (Å²) in [5.74, 6) is 0.277.